The highest BCUT2D eigenvalue weighted by Gasteiger charge is 2.49. The lowest BCUT2D eigenvalue weighted by Gasteiger charge is -2.21. The number of halogens is 1. The largest absolute Gasteiger partial charge is 0.461 e. The van der Waals surface area contributed by atoms with Gasteiger partial charge in [0.2, 0.25) is 5.91 Å². The fraction of sp³-hybridized carbons (Fsp3) is 0.240. The molecule has 0 spiro atoms. The number of carbonyl (C=O) groups is 3. The summed E-state index contributed by atoms with van der Waals surface area (Å²) in [6.07, 6.45) is -1.81. The molecule has 186 valence electrons. The Bertz CT molecular complexity index is 1300. The van der Waals surface area contributed by atoms with Gasteiger partial charge in [-0.15, -0.1) is 11.8 Å². The van der Waals surface area contributed by atoms with Crippen molar-refractivity contribution >= 4 is 35.4 Å². The zero-order valence-corrected chi connectivity index (χ0v) is 19.9. The number of aromatic nitrogens is 2. The Kier molecular flexibility index (Phi) is 7.79. The maximum atomic E-state index is 15.7. The molecule has 36 heavy (non-hydrogen) atoms. The molecule has 1 aliphatic rings. The van der Waals surface area contributed by atoms with Crippen LogP contribution in [0.25, 0.3) is 0 Å². The number of nitrogens with zero attached hydrogens (tertiary/aromatic N) is 2. The summed E-state index contributed by atoms with van der Waals surface area (Å²) in [4.78, 5) is 52.7. The molecule has 2 heterocycles. The summed E-state index contributed by atoms with van der Waals surface area (Å²) in [5.74, 6) is -1.73. The zero-order valence-electron chi connectivity index (χ0n) is 19.1. The van der Waals surface area contributed by atoms with E-state index in [0.29, 0.717) is 5.56 Å². The second kappa shape index (κ2) is 11.2. The van der Waals surface area contributed by atoms with E-state index in [1.807, 2.05) is 0 Å². The normalized spacial score (nSPS) is 20.9. The molecule has 0 bridgehead atoms. The number of ether oxygens (including phenoxy) is 2. The predicted molar refractivity (Wildman–Crippen MR) is 130 cm³/mol. The summed E-state index contributed by atoms with van der Waals surface area (Å²) in [5, 5.41) is 0.489. The molecule has 11 heteroatoms. The van der Waals surface area contributed by atoms with Crippen LogP contribution in [0, 0.1) is 0 Å². The molecule has 1 aliphatic heterocycles. The maximum Gasteiger partial charge on any atom is 0.350 e. The quantitative estimate of drug-likeness (QED) is 0.481. The van der Waals surface area contributed by atoms with E-state index in [9.17, 15) is 19.2 Å². The summed E-state index contributed by atoms with van der Waals surface area (Å²) in [7, 11) is 0. The number of esters is 2. The lowest BCUT2D eigenvalue weighted by Crippen LogP contribution is -2.37. The third-order valence-corrected chi connectivity index (χ3v) is 6.84. The number of anilines is 1. The smallest absolute Gasteiger partial charge is 0.350 e. The molecule has 0 saturated carbocycles. The molecule has 4 rings (SSSR count). The van der Waals surface area contributed by atoms with Crippen LogP contribution < -0.4 is 11.0 Å². The Morgan fingerprint density at radius 2 is 1.61 bits per heavy atom. The lowest BCUT2D eigenvalue weighted by atomic mass is 10.1. The topological polar surface area (TPSA) is 117 Å². The Balaban J connectivity index is 1.56. The van der Waals surface area contributed by atoms with Crippen LogP contribution in [0.1, 0.15) is 33.0 Å². The van der Waals surface area contributed by atoms with Gasteiger partial charge >= 0.3 is 17.6 Å². The number of rotatable bonds is 7. The monoisotopic (exact) mass is 511 g/mol. The van der Waals surface area contributed by atoms with Crippen molar-refractivity contribution < 1.29 is 28.2 Å². The van der Waals surface area contributed by atoms with Crippen LogP contribution in [0.3, 0.4) is 0 Å². The molecule has 0 aliphatic carbocycles. The van der Waals surface area contributed by atoms with Crippen molar-refractivity contribution in [1.82, 2.24) is 9.55 Å². The number of hydrogen-bond acceptors (Lipinski definition) is 8. The lowest BCUT2D eigenvalue weighted by molar-refractivity contribution is -0.114. The van der Waals surface area contributed by atoms with E-state index < -0.39 is 46.4 Å². The van der Waals surface area contributed by atoms with E-state index >= 15 is 4.39 Å². The standard InChI is InChI=1S/C25H22FN3O6S/c1-15(30)27-19-12-13-29(25(33)28-19)22-20(26)21(35-24(32)17-10-6-3-7-11-17)18(36-22)14-34-23(31)16-8-4-2-5-9-16/h2-13,18,20-22H,14H2,1H3,(H,27,28,30,33)/t18-,20+,21-,22?/m1/s1. The number of thioether (sulfide) groups is 1. The van der Waals surface area contributed by atoms with Crippen molar-refractivity contribution in [3.63, 3.8) is 0 Å². The van der Waals surface area contributed by atoms with Gasteiger partial charge in [0.15, 0.2) is 12.3 Å². The van der Waals surface area contributed by atoms with Crippen LogP contribution in [-0.4, -0.2) is 51.5 Å². The molecule has 1 unspecified atom stereocenters. The van der Waals surface area contributed by atoms with Crippen molar-refractivity contribution in [2.75, 3.05) is 11.9 Å². The van der Waals surface area contributed by atoms with Gasteiger partial charge in [0.1, 0.15) is 17.8 Å². The van der Waals surface area contributed by atoms with Gasteiger partial charge < -0.3 is 14.8 Å². The molecule has 9 nitrogen and oxygen atoms in total. The number of carbonyl (C=O) groups excluding carboxylic acids is 3. The number of hydrogen-bond donors (Lipinski definition) is 1. The highest BCUT2D eigenvalue weighted by molar-refractivity contribution is 8.00. The van der Waals surface area contributed by atoms with Crippen LogP contribution in [0.15, 0.2) is 77.7 Å². The molecule has 0 radical (unpaired) electrons. The van der Waals surface area contributed by atoms with E-state index in [-0.39, 0.29) is 18.0 Å². The first-order valence-corrected chi connectivity index (χ1v) is 11.9. The van der Waals surface area contributed by atoms with E-state index in [2.05, 4.69) is 10.3 Å². The Hall–Kier alpha value is -3.99. The molecule has 4 atom stereocenters. The van der Waals surface area contributed by atoms with Crippen LogP contribution in [0.4, 0.5) is 10.2 Å². The average molecular weight is 512 g/mol. The summed E-state index contributed by atoms with van der Waals surface area (Å²) in [6.45, 7) is 1.01. The number of amides is 1. The van der Waals surface area contributed by atoms with Gasteiger partial charge in [-0.05, 0) is 30.3 Å². The summed E-state index contributed by atoms with van der Waals surface area (Å²) < 4.78 is 27.7. The van der Waals surface area contributed by atoms with Gasteiger partial charge in [0.25, 0.3) is 0 Å². The molecule has 2 aromatic carbocycles. The molecule has 1 fully saturated rings. The van der Waals surface area contributed by atoms with E-state index in [0.717, 1.165) is 16.3 Å². The molecule has 1 saturated heterocycles. The molecule has 1 N–H and O–H groups in total. The molecule has 3 aromatic rings. The molecular weight excluding hydrogens is 489 g/mol. The van der Waals surface area contributed by atoms with Gasteiger partial charge in [-0.3, -0.25) is 9.36 Å². The van der Waals surface area contributed by atoms with Crippen LogP contribution in [0.5, 0.6) is 0 Å². The Morgan fingerprint density at radius 3 is 2.19 bits per heavy atom. The number of benzene rings is 2. The summed E-state index contributed by atoms with van der Waals surface area (Å²) >= 11 is 0.994. The predicted octanol–water partition coefficient (Wildman–Crippen LogP) is 3.24. The Morgan fingerprint density at radius 1 is 1.00 bits per heavy atom. The molecule has 1 amide bonds. The SMILES string of the molecule is CC(=O)Nc1ccn(C2S[C@H](COC(=O)c3ccccc3)[C@@H](OC(=O)c3ccccc3)[C@@H]2F)c(=O)n1. The van der Waals surface area contributed by atoms with Crippen LogP contribution in [-0.2, 0) is 14.3 Å². The van der Waals surface area contributed by atoms with Gasteiger partial charge in [0.05, 0.1) is 16.4 Å². The van der Waals surface area contributed by atoms with Crippen molar-refractivity contribution in [2.24, 2.45) is 0 Å². The minimum Gasteiger partial charge on any atom is -0.461 e. The molecule has 1 aromatic heterocycles. The maximum absolute atomic E-state index is 15.7. The van der Waals surface area contributed by atoms with Crippen LogP contribution >= 0.6 is 11.8 Å². The number of nitrogens with one attached hydrogen (secondary N) is 1. The minimum absolute atomic E-state index is 0.0301. The molecular formula is C25H22FN3O6S. The average Bonchev–Trinajstić information content (AvgIpc) is 3.18. The first kappa shape index (κ1) is 25.1. The second-order valence-corrected chi connectivity index (χ2v) is 9.25. The van der Waals surface area contributed by atoms with Crippen molar-refractivity contribution in [3.05, 3.63) is 94.5 Å². The van der Waals surface area contributed by atoms with Crippen molar-refractivity contribution in [2.45, 2.75) is 29.8 Å². The van der Waals surface area contributed by atoms with Crippen molar-refractivity contribution in [1.29, 1.82) is 0 Å². The highest BCUT2D eigenvalue weighted by Crippen LogP contribution is 2.45. The van der Waals surface area contributed by atoms with Gasteiger partial charge in [-0.2, -0.15) is 4.98 Å². The highest BCUT2D eigenvalue weighted by atomic mass is 32.2. The first-order valence-electron chi connectivity index (χ1n) is 11.0. The second-order valence-electron chi connectivity index (χ2n) is 7.89. The van der Waals surface area contributed by atoms with Crippen LogP contribution in [0.2, 0.25) is 0 Å². The van der Waals surface area contributed by atoms with Crippen molar-refractivity contribution in [3.8, 4) is 0 Å². The Labute approximate surface area is 209 Å². The number of alkyl halides is 1. The van der Waals surface area contributed by atoms with E-state index in [1.165, 1.54) is 31.3 Å². The third-order valence-electron chi connectivity index (χ3n) is 5.32. The fourth-order valence-electron chi connectivity index (χ4n) is 3.63. The minimum atomic E-state index is -1.81. The summed E-state index contributed by atoms with van der Waals surface area (Å²) in [6, 6.07) is 17.8. The van der Waals surface area contributed by atoms with E-state index in [4.69, 9.17) is 9.47 Å². The third kappa shape index (κ3) is 5.80. The van der Waals surface area contributed by atoms with Gasteiger partial charge in [-0.1, -0.05) is 36.4 Å². The summed E-state index contributed by atoms with van der Waals surface area (Å²) in [5.41, 5.74) is -0.242. The van der Waals surface area contributed by atoms with Gasteiger partial charge in [0, 0.05) is 13.1 Å². The zero-order chi connectivity index (χ0) is 25.7. The van der Waals surface area contributed by atoms with E-state index in [1.54, 1.807) is 48.5 Å². The van der Waals surface area contributed by atoms with Gasteiger partial charge in [-0.25, -0.2) is 18.8 Å². The fourth-order valence-corrected chi connectivity index (χ4v) is 5.09. The first-order chi connectivity index (χ1) is 17.3.